The van der Waals surface area contributed by atoms with Gasteiger partial charge in [-0.05, 0) is 35.9 Å². The minimum absolute atomic E-state index is 0.264. The SMILES string of the molecule is Oc1ccc(OCc2ccccc2)cc1CNc1ccccc1. The summed E-state index contributed by atoms with van der Waals surface area (Å²) in [5.41, 5.74) is 2.94. The van der Waals surface area contributed by atoms with E-state index in [2.05, 4.69) is 5.32 Å². The monoisotopic (exact) mass is 305 g/mol. The van der Waals surface area contributed by atoms with Crippen molar-refractivity contribution in [2.24, 2.45) is 0 Å². The minimum atomic E-state index is 0.264. The molecule has 0 aliphatic heterocycles. The van der Waals surface area contributed by atoms with Gasteiger partial charge in [-0.1, -0.05) is 48.5 Å². The van der Waals surface area contributed by atoms with Gasteiger partial charge in [-0.25, -0.2) is 0 Å². The Balaban J connectivity index is 1.64. The van der Waals surface area contributed by atoms with E-state index in [0.717, 1.165) is 22.6 Å². The molecule has 0 saturated heterocycles. The maximum absolute atomic E-state index is 10.0. The summed E-state index contributed by atoms with van der Waals surface area (Å²) in [7, 11) is 0. The molecule has 0 amide bonds. The summed E-state index contributed by atoms with van der Waals surface area (Å²) in [4.78, 5) is 0. The summed E-state index contributed by atoms with van der Waals surface area (Å²) in [6, 6.07) is 25.2. The molecule has 0 unspecified atom stereocenters. The summed E-state index contributed by atoms with van der Waals surface area (Å²) in [6.45, 7) is 1.05. The zero-order valence-corrected chi connectivity index (χ0v) is 12.8. The molecule has 23 heavy (non-hydrogen) atoms. The second-order valence-corrected chi connectivity index (χ2v) is 5.28. The fourth-order valence-electron chi connectivity index (χ4n) is 2.29. The normalized spacial score (nSPS) is 10.3. The van der Waals surface area contributed by atoms with Gasteiger partial charge in [0.25, 0.3) is 0 Å². The van der Waals surface area contributed by atoms with Crippen LogP contribution in [0.2, 0.25) is 0 Å². The Labute approximate surface area is 136 Å². The molecule has 0 spiro atoms. The van der Waals surface area contributed by atoms with Gasteiger partial charge in [-0.3, -0.25) is 0 Å². The van der Waals surface area contributed by atoms with Crippen molar-refractivity contribution in [2.75, 3.05) is 5.32 Å². The van der Waals surface area contributed by atoms with Crippen molar-refractivity contribution in [2.45, 2.75) is 13.2 Å². The zero-order valence-electron chi connectivity index (χ0n) is 12.8. The molecule has 2 N–H and O–H groups in total. The van der Waals surface area contributed by atoms with E-state index in [4.69, 9.17) is 4.74 Å². The quantitative estimate of drug-likeness (QED) is 0.700. The number of anilines is 1. The van der Waals surface area contributed by atoms with Crippen LogP contribution in [-0.4, -0.2) is 5.11 Å². The van der Waals surface area contributed by atoms with Crippen LogP contribution in [0.3, 0.4) is 0 Å². The third kappa shape index (κ3) is 4.27. The van der Waals surface area contributed by atoms with Gasteiger partial charge in [0.2, 0.25) is 0 Å². The van der Waals surface area contributed by atoms with Crippen LogP contribution in [0, 0.1) is 0 Å². The average molecular weight is 305 g/mol. The highest BCUT2D eigenvalue weighted by atomic mass is 16.5. The standard InChI is InChI=1S/C20H19NO2/c22-20-12-11-19(23-15-16-7-3-1-4-8-16)13-17(20)14-21-18-9-5-2-6-10-18/h1-13,21-22H,14-15H2. The fraction of sp³-hybridized carbons (Fsp3) is 0.100. The Morgan fingerprint density at radius 2 is 1.52 bits per heavy atom. The van der Waals surface area contributed by atoms with E-state index in [1.54, 1.807) is 12.1 Å². The molecule has 3 aromatic carbocycles. The number of rotatable bonds is 6. The number of aromatic hydroxyl groups is 1. The summed E-state index contributed by atoms with van der Waals surface area (Å²) in [6.07, 6.45) is 0. The lowest BCUT2D eigenvalue weighted by Crippen LogP contribution is -2.01. The molecule has 0 fully saturated rings. The average Bonchev–Trinajstić information content (AvgIpc) is 2.62. The molecule has 116 valence electrons. The van der Waals surface area contributed by atoms with Crippen LogP contribution in [0.4, 0.5) is 5.69 Å². The Morgan fingerprint density at radius 3 is 2.26 bits per heavy atom. The highest BCUT2D eigenvalue weighted by molar-refractivity contribution is 5.46. The predicted molar refractivity (Wildman–Crippen MR) is 92.6 cm³/mol. The van der Waals surface area contributed by atoms with Gasteiger partial charge >= 0.3 is 0 Å². The molecular weight excluding hydrogens is 286 g/mol. The van der Waals surface area contributed by atoms with Crippen LogP contribution in [0.15, 0.2) is 78.9 Å². The molecule has 3 nitrogen and oxygen atoms in total. The van der Waals surface area contributed by atoms with Crippen LogP contribution < -0.4 is 10.1 Å². The van der Waals surface area contributed by atoms with Gasteiger partial charge < -0.3 is 15.2 Å². The van der Waals surface area contributed by atoms with E-state index in [0.29, 0.717) is 13.2 Å². The molecule has 3 heteroatoms. The van der Waals surface area contributed by atoms with Gasteiger partial charge in [0, 0.05) is 17.8 Å². The maximum Gasteiger partial charge on any atom is 0.120 e. The van der Waals surface area contributed by atoms with Crippen molar-refractivity contribution >= 4 is 5.69 Å². The van der Waals surface area contributed by atoms with Gasteiger partial charge in [0.05, 0.1) is 0 Å². The van der Waals surface area contributed by atoms with E-state index < -0.39 is 0 Å². The summed E-state index contributed by atoms with van der Waals surface area (Å²) in [5.74, 6) is 1.01. The minimum Gasteiger partial charge on any atom is -0.508 e. The Morgan fingerprint density at radius 1 is 0.826 bits per heavy atom. The largest absolute Gasteiger partial charge is 0.508 e. The first kappa shape index (κ1) is 15.0. The molecule has 0 atom stereocenters. The zero-order chi connectivity index (χ0) is 15.9. The number of hydrogen-bond acceptors (Lipinski definition) is 3. The number of hydrogen-bond donors (Lipinski definition) is 2. The van der Waals surface area contributed by atoms with Crippen molar-refractivity contribution in [3.05, 3.63) is 90.0 Å². The molecule has 0 heterocycles. The van der Waals surface area contributed by atoms with Crippen LogP contribution in [0.25, 0.3) is 0 Å². The first-order chi connectivity index (χ1) is 11.3. The number of phenolic OH excluding ortho intramolecular Hbond substituents is 1. The smallest absolute Gasteiger partial charge is 0.120 e. The van der Waals surface area contributed by atoms with Crippen molar-refractivity contribution in [1.82, 2.24) is 0 Å². The molecule has 0 aliphatic rings. The summed E-state index contributed by atoms with van der Waals surface area (Å²) >= 11 is 0. The Hall–Kier alpha value is -2.94. The van der Waals surface area contributed by atoms with Gasteiger partial charge in [-0.15, -0.1) is 0 Å². The van der Waals surface area contributed by atoms with Crippen molar-refractivity contribution in [1.29, 1.82) is 0 Å². The van der Waals surface area contributed by atoms with Crippen LogP contribution in [-0.2, 0) is 13.2 Å². The topological polar surface area (TPSA) is 41.5 Å². The highest BCUT2D eigenvalue weighted by Crippen LogP contribution is 2.24. The van der Waals surface area contributed by atoms with E-state index >= 15 is 0 Å². The second kappa shape index (κ2) is 7.36. The van der Waals surface area contributed by atoms with Crippen molar-refractivity contribution in [3.63, 3.8) is 0 Å². The molecule has 0 bridgehead atoms. The molecule has 0 radical (unpaired) electrons. The van der Waals surface area contributed by atoms with Crippen LogP contribution in [0.5, 0.6) is 11.5 Å². The second-order valence-electron chi connectivity index (χ2n) is 5.28. The van der Waals surface area contributed by atoms with E-state index in [-0.39, 0.29) is 5.75 Å². The van der Waals surface area contributed by atoms with E-state index in [1.165, 1.54) is 0 Å². The molecule has 0 aliphatic carbocycles. The molecule has 0 saturated carbocycles. The van der Waals surface area contributed by atoms with Gasteiger partial charge in [0.15, 0.2) is 0 Å². The predicted octanol–water partition coefficient (Wildman–Crippen LogP) is 4.58. The maximum atomic E-state index is 10.0. The molecule has 3 rings (SSSR count). The summed E-state index contributed by atoms with van der Waals surface area (Å²) in [5, 5.41) is 13.3. The lowest BCUT2D eigenvalue weighted by atomic mass is 10.2. The number of para-hydroxylation sites is 1. The Bertz CT molecular complexity index is 742. The van der Waals surface area contributed by atoms with Crippen molar-refractivity contribution in [3.8, 4) is 11.5 Å². The molecule has 0 aromatic heterocycles. The number of benzene rings is 3. The molecule has 3 aromatic rings. The number of ether oxygens (including phenoxy) is 1. The number of phenols is 1. The van der Waals surface area contributed by atoms with Gasteiger partial charge in [0.1, 0.15) is 18.1 Å². The third-order valence-corrected chi connectivity index (χ3v) is 3.56. The Kier molecular flexibility index (Phi) is 4.79. The van der Waals surface area contributed by atoms with E-state index in [9.17, 15) is 5.11 Å². The number of nitrogens with one attached hydrogen (secondary N) is 1. The van der Waals surface area contributed by atoms with Crippen LogP contribution >= 0.6 is 0 Å². The third-order valence-electron chi connectivity index (χ3n) is 3.56. The lowest BCUT2D eigenvalue weighted by molar-refractivity contribution is 0.305. The van der Waals surface area contributed by atoms with Crippen molar-refractivity contribution < 1.29 is 9.84 Å². The van der Waals surface area contributed by atoms with E-state index in [1.807, 2.05) is 66.7 Å². The highest BCUT2D eigenvalue weighted by Gasteiger charge is 2.04. The summed E-state index contributed by atoms with van der Waals surface area (Å²) < 4.78 is 5.80. The molecular formula is C20H19NO2. The first-order valence-corrected chi connectivity index (χ1v) is 7.59. The fourth-order valence-corrected chi connectivity index (χ4v) is 2.29. The lowest BCUT2D eigenvalue weighted by Gasteiger charge is -2.11. The first-order valence-electron chi connectivity index (χ1n) is 7.59. The van der Waals surface area contributed by atoms with Gasteiger partial charge in [-0.2, -0.15) is 0 Å². The van der Waals surface area contributed by atoms with Crippen LogP contribution in [0.1, 0.15) is 11.1 Å².